The van der Waals surface area contributed by atoms with Crippen LogP contribution in [0, 0.1) is 5.92 Å². The van der Waals surface area contributed by atoms with E-state index in [2.05, 4.69) is 24.1 Å². The topological polar surface area (TPSA) is 80.4 Å². The van der Waals surface area contributed by atoms with Crippen LogP contribution in [0.1, 0.15) is 20.8 Å². The molecule has 1 rings (SSSR count). The number of aliphatic hydroxyl groups excluding tert-OH is 1. The van der Waals surface area contributed by atoms with Crippen LogP contribution in [0.15, 0.2) is 12.1 Å². The molecule has 0 aromatic carbocycles. The molecule has 2 unspecified atom stereocenters. The molecule has 0 radical (unpaired) electrons. The maximum absolute atomic E-state index is 9.29. The van der Waals surface area contributed by atoms with Crippen LogP contribution in [0.25, 0.3) is 0 Å². The Kier molecular flexibility index (Phi) is 6.95. The van der Waals surface area contributed by atoms with Gasteiger partial charge < -0.3 is 20.9 Å². The highest BCUT2D eigenvalue weighted by atomic mass is 32.2. The van der Waals surface area contributed by atoms with Gasteiger partial charge in [-0.05, 0) is 31.2 Å². The zero-order valence-electron chi connectivity index (χ0n) is 12.6. The number of hydrogen-bond donors (Lipinski definition) is 3. The highest BCUT2D eigenvalue weighted by Crippen LogP contribution is 2.23. The summed E-state index contributed by atoms with van der Waals surface area (Å²) in [5.41, 5.74) is 6.39. The van der Waals surface area contributed by atoms with E-state index in [1.54, 1.807) is 17.8 Å². The summed E-state index contributed by atoms with van der Waals surface area (Å²) < 4.78 is 5.60. The molecule has 0 saturated carbocycles. The number of nitrogen functional groups attached to an aromatic ring is 1. The minimum atomic E-state index is 0.101. The Morgan fingerprint density at radius 2 is 2.10 bits per heavy atom. The number of aliphatic hydroxyl groups is 1. The molecule has 1 aromatic heterocycles. The van der Waals surface area contributed by atoms with Crippen molar-refractivity contribution in [3.05, 3.63) is 12.1 Å². The van der Waals surface area contributed by atoms with Gasteiger partial charge in [0, 0.05) is 11.3 Å². The Balaban J connectivity index is 2.73. The fourth-order valence-electron chi connectivity index (χ4n) is 1.66. The zero-order valence-corrected chi connectivity index (χ0v) is 13.4. The maximum Gasteiger partial charge on any atom is 0.239 e. The molecule has 2 atom stereocenters. The van der Waals surface area contributed by atoms with Crippen molar-refractivity contribution in [2.24, 2.45) is 5.92 Å². The molecule has 5 nitrogen and oxygen atoms in total. The lowest BCUT2D eigenvalue weighted by Gasteiger charge is -2.22. The number of pyridine rings is 1. The van der Waals surface area contributed by atoms with Crippen molar-refractivity contribution in [1.29, 1.82) is 0 Å². The lowest BCUT2D eigenvalue weighted by atomic mass is 10.2. The van der Waals surface area contributed by atoms with Gasteiger partial charge in [0.15, 0.2) is 0 Å². The summed E-state index contributed by atoms with van der Waals surface area (Å²) in [6.45, 7) is 6.88. The van der Waals surface area contributed by atoms with Crippen molar-refractivity contribution in [1.82, 2.24) is 4.98 Å². The van der Waals surface area contributed by atoms with Crippen molar-refractivity contribution < 1.29 is 9.84 Å². The highest BCUT2D eigenvalue weighted by molar-refractivity contribution is 7.99. The molecule has 0 amide bonds. The molecule has 1 heterocycles. The van der Waals surface area contributed by atoms with E-state index >= 15 is 0 Å². The van der Waals surface area contributed by atoms with Crippen LogP contribution >= 0.6 is 11.8 Å². The number of rotatable bonds is 8. The Labute approximate surface area is 125 Å². The molecule has 20 heavy (non-hydrogen) atoms. The molecule has 1 aromatic rings. The minimum Gasteiger partial charge on any atom is -0.476 e. The Hall–Kier alpha value is -1.14. The summed E-state index contributed by atoms with van der Waals surface area (Å²) in [5, 5.41) is 12.7. The SMILES string of the molecule is CSC(CO)C(C)Nc1ccc(N)c(OCC(C)C)n1. The van der Waals surface area contributed by atoms with Crippen molar-refractivity contribution >= 4 is 23.3 Å². The predicted octanol–water partition coefficient (Wildman–Crippen LogP) is 2.22. The van der Waals surface area contributed by atoms with E-state index < -0.39 is 0 Å². The van der Waals surface area contributed by atoms with E-state index in [1.807, 2.05) is 19.2 Å². The van der Waals surface area contributed by atoms with Crippen LogP contribution < -0.4 is 15.8 Å². The third kappa shape index (κ3) is 5.09. The number of thioether (sulfide) groups is 1. The second kappa shape index (κ2) is 8.21. The maximum atomic E-state index is 9.29. The van der Waals surface area contributed by atoms with Crippen molar-refractivity contribution in [3.8, 4) is 5.88 Å². The number of ether oxygens (including phenoxy) is 1. The van der Waals surface area contributed by atoms with E-state index in [1.165, 1.54) is 0 Å². The van der Waals surface area contributed by atoms with Crippen LogP contribution in [-0.4, -0.2) is 40.9 Å². The molecule has 0 aliphatic heterocycles. The first-order valence-electron chi connectivity index (χ1n) is 6.77. The lowest BCUT2D eigenvalue weighted by molar-refractivity contribution is 0.263. The fraction of sp³-hybridized carbons (Fsp3) is 0.643. The smallest absolute Gasteiger partial charge is 0.239 e. The summed E-state index contributed by atoms with van der Waals surface area (Å²) in [4.78, 5) is 4.39. The Bertz CT molecular complexity index is 411. The monoisotopic (exact) mass is 299 g/mol. The van der Waals surface area contributed by atoms with Crippen LogP contribution in [0.3, 0.4) is 0 Å². The van der Waals surface area contributed by atoms with Crippen LogP contribution in [-0.2, 0) is 0 Å². The van der Waals surface area contributed by atoms with E-state index in [9.17, 15) is 5.11 Å². The third-order valence-corrected chi connectivity index (χ3v) is 4.02. The van der Waals surface area contributed by atoms with Gasteiger partial charge in [-0.15, -0.1) is 0 Å². The minimum absolute atomic E-state index is 0.101. The summed E-state index contributed by atoms with van der Waals surface area (Å²) >= 11 is 1.62. The molecular formula is C14H25N3O2S. The number of hydrogen-bond acceptors (Lipinski definition) is 6. The van der Waals surface area contributed by atoms with Crippen LogP contribution in [0.4, 0.5) is 11.5 Å². The first-order valence-corrected chi connectivity index (χ1v) is 8.06. The van der Waals surface area contributed by atoms with E-state index in [-0.39, 0.29) is 17.9 Å². The van der Waals surface area contributed by atoms with E-state index in [0.717, 1.165) is 0 Å². The van der Waals surface area contributed by atoms with E-state index in [4.69, 9.17) is 10.5 Å². The Morgan fingerprint density at radius 1 is 1.40 bits per heavy atom. The Morgan fingerprint density at radius 3 is 2.65 bits per heavy atom. The lowest BCUT2D eigenvalue weighted by Crippen LogP contribution is -2.31. The summed E-state index contributed by atoms with van der Waals surface area (Å²) in [6.07, 6.45) is 1.98. The summed E-state index contributed by atoms with van der Waals surface area (Å²) in [7, 11) is 0. The molecule has 0 fully saturated rings. The van der Waals surface area contributed by atoms with Gasteiger partial charge in [0.05, 0.1) is 18.9 Å². The summed E-state index contributed by atoms with van der Waals surface area (Å²) in [6, 6.07) is 3.71. The number of nitrogens with two attached hydrogens (primary N) is 1. The molecule has 0 bridgehead atoms. The van der Waals surface area contributed by atoms with Gasteiger partial charge in [0.25, 0.3) is 0 Å². The van der Waals surface area contributed by atoms with Gasteiger partial charge in [0.2, 0.25) is 5.88 Å². The standard InChI is InChI=1S/C14H25N3O2S/c1-9(2)8-19-14-11(15)5-6-13(17-14)16-10(3)12(7-18)20-4/h5-6,9-10,12,18H,7-8,15H2,1-4H3,(H,16,17). The molecular weight excluding hydrogens is 274 g/mol. The average molecular weight is 299 g/mol. The quantitative estimate of drug-likeness (QED) is 0.683. The number of anilines is 2. The molecule has 0 spiro atoms. The summed E-state index contributed by atoms with van der Waals surface area (Å²) in [5.74, 6) is 1.58. The van der Waals surface area contributed by atoms with Crippen molar-refractivity contribution in [3.63, 3.8) is 0 Å². The van der Waals surface area contributed by atoms with Gasteiger partial charge in [-0.1, -0.05) is 13.8 Å². The molecule has 0 aliphatic rings. The molecule has 0 saturated heterocycles. The van der Waals surface area contributed by atoms with Crippen molar-refractivity contribution in [2.45, 2.75) is 32.1 Å². The van der Waals surface area contributed by atoms with Gasteiger partial charge in [-0.2, -0.15) is 16.7 Å². The van der Waals surface area contributed by atoms with Gasteiger partial charge in [-0.3, -0.25) is 0 Å². The van der Waals surface area contributed by atoms with Gasteiger partial charge in [0.1, 0.15) is 5.82 Å². The predicted molar refractivity (Wildman–Crippen MR) is 86.5 cm³/mol. The fourth-order valence-corrected chi connectivity index (χ4v) is 2.28. The normalized spacial score (nSPS) is 14.1. The third-order valence-electron chi connectivity index (χ3n) is 2.86. The first-order chi connectivity index (χ1) is 9.47. The second-order valence-electron chi connectivity index (χ2n) is 5.19. The van der Waals surface area contributed by atoms with Crippen molar-refractivity contribution in [2.75, 3.05) is 30.5 Å². The van der Waals surface area contributed by atoms with Crippen LogP contribution in [0.2, 0.25) is 0 Å². The molecule has 6 heteroatoms. The largest absolute Gasteiger partial charge is 0.476 e. The van der Waals surface area contributed by atoms with Gasteiger partial charge in [-0.25, -0.2) is 0 Å². The zero-order chi connectivity index (χ0) is 15.1. The number of aromatic nitrogens is 1. The highest BCUT2D eigenvalue weighted by Gasteiger charge is 2.16. The van der Waals surface area contributed by atoms with E-state index in [0.29, 0.717) is 29.9 Å². The van der Waals surface area contributed by atoms with Crippen LogP contribution in [0.5, 0.6) is 5.88 Å². The van der Waals surface area contributed by atoms with Gasteiger partial charge >= 0.3 is 0 Å². The first kappa shape index (κ1) is 16.9. The second-order valence-corrected chi connectivity index (χ2v) is 6.26. The molecule has 0 aliphatic carbocycles. The number of nitrogens with one attached hydrogen (secondary N) is 1. The number of nitrogens with zero attached hydrogens (tertiary/aromatic N) is 1. The average Bonchev–Trinajstić information content (AvgIpc) is 2.40. The molecule has 4 N–H and O–H groups in total. The molecule has 114 valence electrons.